The second-order valence-electron chi connectivity index (χ2n) is 5.58. The van der Waals surface area contributed by atoms with E-state index in [4.69, 9.17) is 9.47 Å². The third-order valence-corrected chi connectivity index (χ3v) is 3.83. The Morgan fingerprint density at radius 3 is 2.76 bits per heavy atom. The van der Waals surface area contributed by atoms with E-state index in [1.54, 1.807) is 30.4 Å². The maximum atomic E-state index is 14.2. The molecule has 1 atom stereocenters. The number of hydrogen-bond donors (Lipinski definition) is 0. The Hall–Kier alpha value is -2.73. The van der Waals surface area contributed by atoms with Gasteiger partial charge >= 0.3 is 0 Å². The first-order chi connectivity index (χ1) is 12.2. The molecule has 0 aliphatic heterocycles. The van der Waals surface area contributed by atoms with E-state index in [9.17, 15) is 8.78 Å². The van der Waals surface area contributed by atoms with Crippen molar-refractivity contribution in [3.8, 4) is 5.75 Å². The molecule has 3 rings (SSSR count). The molecule has 1 aromatic heterocycles. The monoisotopic (exact) mass is 344 g/mol. The van der Waals surface area contributed by atoms with Crippen LogP contribution in [0.1, 0.15) is 17.2 Å². The predicted molar refractivity (Wildman–Crippen MR) is 89.1 cm³/mol. The highest BCUT2D eigenvalue weighted by Crippen LogP contribution is 2.25. The number of benzene rings is 2. The van der Waals surface area contributed by atoms with E-state index < -0.39 is 17.7 Å². The summed E-state index contributed by atoms with van der Waals surface area (Å²) in [6.07, 6.45) is 4.45. The first kappa shape index (κ1) is 17.1. The van der Waals surface area contributed by atoms with E-state index >= 15 is 0 Å². The van der Waals surface area contributed by atoms with Crippen LogP contribution in [0.2, 0.25) is 0 Å². The van der Waals surface area contributed by atoms with Crippen molar-refractivity contribution in [2.24, 2.45) is 0 Å². The van der Waals surface area contributed by atoms with Gasteiger partial charge in [-0.15, -0.1) is 0 Å². The number of imidazole rings is 1. The van der Waals surface area contributed by atoms with Crippen LogP contribution >= 0.6 is 0 Å². The first-order valence-electron chi connectivity index (χ1n) is 7.81. The normalized spacial score (nSPS) is 12.1. The lowest BCUT2D eigenvalue weighted by molar-refractivity contribution is 0.0255. The molecule has 0 aliphatic rings. The third kappa shape index (κ3) is 4.42. The van der Waals surface area contributed by atoms with E-state index in [0.717, 1.165) is 17.4 Å². The van der Waals surface area contributed by atoms with Gasteiger partial charge in [0.2, 0.25) is 0 Å². The summed E-state index contributed by atoms with van der Waals surface area (Å²) in [6, 6.07) is 11.0. The summed E-state index contributed by atoms with van der Waals surface area (Å²) in [4.78, 5) is 3.98. The van der Waals surface area contributed by atoms with E-state index in [2.05, 4.69) is 4.98 Å². The van der Waals surface area contributed by atoms with Crippen molar-refractivity contribution >= 4 is 0 Å². The molecular weight excluding hydrogens is 326 g/mol. The van der Waals surface area contributed by atoms with Crippen molar-refractivity contribution in [1.82, 2.24) is 9.55 Å². The van der Waals surface area contributed by atoms with Gasteiger partial charge in [0.1, 0.15) is 23.5 Å². The molecule has 6 heteroatoms. The highest BCUT2D eigenvalue weighted by Gasteiger charge is 2.18. The number of aromatic nitrogens is 2. The van der Waals surface area contributed by atoms with Crippen LogP contribution in [0.4, 0.5) is 8.78 Å². The van der Waals surface area contributed by atoms with Gasteiger partial charge in [0, 0.05) is 24.0 Å². The van der Waals surface area contributed by atoms with Crippen molar-refractivity contribution in [3.63, 3.8) is 0 Å². The minimum atomic E-state index is -0.629. The Bertz CT molecular complexity index is 822. The van der Waals surface area contributed by atoms with Crippen molar-refractivity contribution in [2.75, 3.05) is 7.11 Å². The lowest BCUT2D eigenvalue weighted by atomic mass is 10.1. The van der Waals surface area contributed by atoms with Crippen LogP contribution in [-0.2, 0) is 17.9 Å². The second kappa shape index (κ2) is 7.90. The van der Waals surface area contributed by atoms with E-state index in [1.165, 1.54) is 12.1 Å². The lowest BCUT2D eigenvalue weighted by Gasteiger charge is -2.20. The van der Waals surface area contributed by atoms with E-state index in [0.29, 0.717) is 12.1 Å². The highest BCUT2D eigenvalue weighted by molar-refractivity contribution is 5.28. The molecule has 0 fully saturated rings. The van der Waals surface area contributed by atoms with Crippen LogP contribution in [-0.4, -0.2) is 16.7 Å². The molecule has 0 aliphatic carbocycles. The van der Waals surface area contributed by atoms with Gasteiger partial charge in [0.05, 0.1) is 26.6 Å². The number of methoxy groups -OCH3 is 1. The molecule has 25 heavy (non-hydrogen) atoms. The second-order valence-corrected chi connectivity index (χ2v) is 5.58. The van der Waals surface area contributed by atoms with Crippen molar-refractivity contribution in [1.29, 1.82) is 0 Å². The molecule has 2 aromatic carbocycles. The first-order valence-corrected chi connectivity index (χ1v) is 7.81. The van der Waals surface area contributed by atoms with Gasteiger partial charge in [-0.1, -0.05) is 18.2 Å². The predicted octanol–water partition coefficient (Wildman–Crippen LogP) is 4.13. The molecular formula is C19H18F2N2O2. The average molecular weight is 344 g/mol. The largest absolute Gasteiger partial charge is 0.497 e. The van der Waals surface area contributed by atoms with Gasteiger partial charge in [-0.25, -0.2) is 13.8 Å². The zero-order chi connectivity index (χ0) is 17.6. The molecule has 0 radical (unpaired) electrons. The van der Waals surface area contributed by atoms with Crippen LogP contribution in [0.25, 0.3) is 0 Å². The van der Waals surface area contributed by atoms with Gasteiger partial charge in [-0.05, 0) is 23.8 Å². The molecule has 130 valence electrons. The summed E-state index contributed by atoms with van der Waals surface area (Å²) < 4.78 is 40.3. The third-order valence-electron chi connectivity index (χ3n) is 3.83. The van der Waals surface area contributed by atoms with Crippen LogP contribution < -0.4 is 4.74 Å². The molecule has 0 spiro atoms. The summed E-state index contributed by atoms with van der Waals surface area (Å²) in [5, 5.41) is 0. The number of hydrogen-bond acceptors (Lipinski definition) is 3. The van der Waals surface area contributed by atoms with Crippen LogP contribution in [0, 0.1) is 11.6 Å². The SMILES string of the molecule is COc1cccc(COC(Cn2ccnc2)c2ccc(F)cc2F)c1. The van der Waals surface area contributed by atoms with Gasteiger partial charge in [-0.3, -0.25) is 0 Å². The van der Waals surface area contributed by atoms with Crippen molar-refractivity contribution in [3.05, 3.63) is 83.9 Å². The number of rotatable bonds is 7. The minimum Gasteiger partial charge on any atom is -0.497 e. The summed E-state index contributed by atoms with van der Waals surface area (Å²) in [7, 11) is 1.59. The fraction of sp³-hybridized carbons (Fsp3) is 0.211. The maximum Gasteiger partial charge on any atom is 0.131 e. The highest BCUT2D eigenvalue weighted by atomic mass is 19.1. The van der Waals surface area contributed by atoms with Gasteiger partial charge < -0.3 is 14.0 Å². The summed E-state index contributed by atoms with van der Waals surface area (Å²) in [5.74, 6) is -0.522. The fourth-order valence-corrected chi connectivity index (χ4v) is 2.55. The van der Waals surface area contributed by atoms with Gasteiger partial charge in [0.25, 0.3) is 0 Å². The molecule has 3 aromatic rings. The number of halogens is 2. The summed E-state index contributed by atoms with van der Waals surface area (Å²) in [6.45, 7) is 0.639. The Labute approximate surface area is 144 Å². The van der Waals surface area contributed by atoms with Crippen LogP contribution in [0.15, 0.2) is 61.2 Å². The fourth-order valence-electron chi connectivity index (χ4n) is 2.55. The number of ether oxygens (including phenoxy) is 2. The van der Waals surface area contributed by atoms with Gasteiger partial charge in [-0.2, -0.15) is 0 Å². The molecule has 4 nitrogen and oxygen atoms in total. The van der Waals surface area contributed by atoms with E-state index in [-0.39, 0.29) is 6.61 Å². The topological polar surface area (TPSA) is 36.3 Å². The average Bonchev–Trinajstić information content (AvgIpc) is 3.12. The Balaban J connectivity index is 1.80. The van der Waals surface area contributed by atoms with Crippen LogP contribution in [0.3, 0.4) is 0 Å². The molecule has 0 bridgehead atoms. The lowest BCUT2D eigenvalue weighted by Crippen LogP contribution is -2.13. The molecule has 0 amide bonds. The Morgan fingerprint density at radius 1 is 1.16 bits per heavy atom. The van der Waals surface area contributed by atoms with Crippen molar-refractivity contribution < 1.29 is 18.3 Å². The molecule has 0 saturated heterocycles. The molecule has 0 saturated carbocycles. The molecule has 1 unspecified atom stereocenters. The number of nitrogens with zero attached hydrogens (tertiary/aromatic N) is 2. The van der Waals surface area contributed by atoms with Crippen molar-refractivity contribution in [2.45, 2.75) is 19.3 Å². The molecule has 0 N–H and O–H groups in total. The van der Waals surface area contributed by atoms with Crippen LogP contribution in [0.5, 0.6) is 5.75 Å². The smallest absolute Gasteiger partial charge is 0.131 e. The Kier molecular flexibility index (Phi) is 5.40. The zero-order valence-corrected chi connectivity index (χ0v) is 13.7. The van der Waals surface area contributed by atoms with E-state index in [1.807, 2.05) is 24.3 Å². The standard InChI is InChI=1S/C19H18F2N2O2/c1-24-16-4-2-3-14(9-16)12-25-19(11-23-8-7-22-13-23)17-6-5-15(20)10-18(17)21/h2-10,13,19H,11-12H2,1H3. The summed E-state index contributed by atoms with van der Waals surface area (Å²) >= 11 is 0. The minimum absolute atomic E-state index is 0.271. The Morgan fingerprint density at radius 2 is 2.04 bits per heavy atom. The zero-order valence-electron chi connectivity index (χ0n) is 13.7. The summed E-state index contributed by atoms with van der Waals surface area (Å²) in [5.41, 5.74) is 1.20. The van der Waals surface area contributed by atoms with Gasteiger partial charge in [0.15, 0.2) is 0 Å². The molecule has 1 heterocycles. The quantitative estimate of drug-likeness (QED) is 0.647. The maximum absolute atomic E-state index is 14.2.